The number of carbonyl (C=O) groups is 1. The molecule has 0 aromatic heterocycles. The maximum atomic E-state index is 12.8. The molecule has 0 radical (unpaired) electrons. The maximum Gasteiger partial charge on any atom is 0.418 e. The molecule has 0 bridgehead atoms. The van der Waals surface area contributed by atoms with Gasteiger partial charge in [-0.15, -0.1) is 0 Å². The van der Waals surface area contributed by atoms with E-state index in [-0.39, 0.29) is 10.7 Å². The van der Waals surface area contributed by atoms with Gasteiger partial charge in [-0.25, -0.2) is 4.79 Å². The molecule has 0 saturated carbocycles. The number of amides is 2. The first-order valence-corrected chi connectivity index (χ1v) is 6.92. The lowest BCUT2D eigenvalue weighted by Gasteiger charge is -2.13. The Hall–Kier alpha value is -2.12. The highest BCUT2D eigenvalue weighted by Crippen LogP contribution is 2.35. The Labute approximate surface area is 139 Å². The fourth-order valence-corrected chi connectivity index (χ4v) is 2.04. The number of nitrogens with one attached hydrogen (secondary N) is 2. The molecule has 2 aromatic rings. The Balaban J connectivity index is 2.12. The first kappa shape index (κ1) is 17.2. The number of carbonyl (C=O) groups excluding carboxylic acids is 1. The van der Waals surface area contributed by atoms with Crippen molar-refractivity contribution in [1.82, 2.24) is 0 Å². The zero-order valence-corrected chi connectivity index (χ0v) is 12.9. The van der Waals surface area contributed by atoms with Crippen molar-refractivity contribution in [3.8, 4) is 0 Å². The number of hydrogen-bond donors (Lipinski definition) is 3. The first-order valence-electron chi connectivity index (χ1n) is 6.16. The van der Waals surface area contributed by atoms with Crippen LogP contribution in [0.1, 0.15) is 5.56 Å². The standard InChI is InChI=1S/C14H10Cl2F3N3O/c15-10-3-1-8(6-11(10)16)22-13(23)21-7-2-4-12(20)9(5-7)14(17,18)19/h1-6H,20H2,(H2,21,22,23). The van der Waals surface area contributed by atoms with Crippen molar-refractivity contribution in [3.05, 3.63) is 52.0 Å². The van der Waals surface area contributed by atoms with Gasteiger partial charge >= 0.3 is 12.2 Å². The van der Waals surface area contributed by atoms with E-state index in [0.717, 1.165) is 12.1 Å². The van der Waals surface area contributed by atoms with E-state index in [2.05, 4.69) is 10.6 Å². The number of nitrogen functional groups attached to an aromatic ring is 1. The van der Waals surface area contributed by atoms with Gasteiger partial charge in [0.2, 0.25) is 0 Å². The minimum Gasteiger partial charge on any atom is -0.398 e. The van der Waals surface area contributed by atoms with Crippen molar-refractivity contribution in [2.45, 2.75) is 6.18 Å². The maximum absolute atomic E-state index is 12.8. The number of rotatable bonds is 2. The number of urea groups is 1. The first-order chi connectivity index (χ1) is 10.7. The lowest BCUT2D eigenvalue weighted by molar-refractivity contribution is -0.136. The third-order valence-corrected chi connectivity index (χ3v) is 3.53. The van der Waals surface area contributed by atoms with Crippen LogP contribution in [-0.4, -0.2) is 6.03 Å². The lowest BCUT2D eigenvalue weighted by Crippen LogP contribution is -2.20. The second kappa shape index (κ2) is 6.55. The molecule has 0 aliphatic heterocycles. The molecular weight excluding hydrogens is 354 g/mol. The summed E-state index contributed by atoms with van der Waals surface area (Å²) in [5, 5.41) is 5.25. The minimum atomic E-state index is -4.61. The molecule has 0 fully saturated rings. The molecule has 4 N–H and O–H groups in total. The molecular formula is C14H10Cl2F3N3O. The van der Waals surface area contributed by atoms with Gasteiger partial charge in [-0.3, -0.25) is 0 Å². The summed E-state index contributed by atoms with van der Waals surface area (Å²) in [6.45, 7) is 0. The van der Waals surface area contributed by atoms with E-state index >= 15 is 0 Å². The normalized spacial score (nSPS) is 11.2. The molecule has 0 spiro atoms. The molecule has 122 valence electrons. The molecule has 0 aliphatic carbocycles. The number of alkyl halides is 3. The molecule has 2 aromatic carbocycles. The van der Waals surface area contributed by atoms with Gasteiger partial charge in [-0.2, -0.15) is 13.2 Å². The molecule has 0 heterocycles. The minimum absolute atomic E-state index is 0.0518. The molecule has 9 heteroatoms. The number of nitrogens with two attached hydrogens (primary N) is 1. The van der Waals surface area contributed by atoms with Crippen molar-refractivity contribution in [2.75, 3.05) is 16.4 Å². The Bertz CT molecular complexity index is 751. The smallest absolute Gasteiger partial charge is 0.398 e. The van der Waals surface area contributed by atoms with E-state index in [4.69, 9.17) is 28.9 Å². The largest absolute Gasteiger partial charge is 0.418 e. The Morgan fingerprint density at radius 3 is 2.09 bits per heavy atom. The molecule has 0 aliphatic rings. The summed E-state index contributed by atoms with van der Waals surface area (Å²) in [5.41, 5.74) is 4.12. The van der Waals surface area contributed by atoms with Crippen LogP contribution in [0.3, 0.4) is 0 Å². The fourth-order valence-electron chi connectivity index (χ4n) is 1.75. The zero-order chi connectivity index (χ0) is 17.2. The third kappa shape index (κ3) is 4.43. The number of benzene rings is 2. The van der Waals surface area contributed by atoms with Crippen LogP contribution in [0, 0.1) is 0 Å². The molecule has 2 rings (SSSR count). The van der Waals surface area contributed by atoms with Gasteiger partial charge in [0.15, 0.2) is 0 Å². The second-order valence-corrected chi connectivity index (χ2v) is 5.32. The second-order valence-electron chi connectivity index (χ2n) is 4.51. The highest BCUT2D eigenvalue weighted by molar-refractivity contribution is 6.42. The van der Waals surface area contributed by atoms with Crippen LogP contribution in [0.15, 0.2) is 36.4 Å². The van der Waals surface area contributed by atoms with E-state index < -0.39 is 23.5 Å². The topological polar surface area (TPSA) is 67.1 Å². The SMILES string of the molecule is Nc1ccc(NC(=O)Nc2ccc(Cl)c(Cl)c2)cc1C(F)(F)F. The zero-order valence-electron chi connectivity index (χ0n) is 11.3. The van der Waals surface area contributed by atoms with E-state index in [1.807, 2.05) is 0 Å². The van der Waals surface area contributed by atoms with Crippen molar-refractivity contribution in [2.24, 2.45) is 0 Å². The highest BCUT2D eigenvalue weighted by atomic mass is 35.5. The summed E-state index contributed by atoms with van der Waals surface area (Å²) in [5.74, 6) is 0. The van der Waals surface area contributed by atoms with Crippen LogP contribution in [0.25, 0.3) is 0 Å². The lowest BCUT2D eigenvalue weighted by atomic mass is 10.1. The monoisotopic (exact) mass is 363 g/mol. The van der Waals surface area contributed by atoms with Crippen LogP contribution in [0.4, 0.5) is 35.0 Å². The van der Waals surface area contributed by atoms with Crippen LogP contribution in [0.5, 0.6) is 0 Å². The Morgan fingerprint density at radius 1 is 0.957 bits per heavy atom. The van der Waals surface area contributed by atoms with Crippen LogP contribution in [0.2, 0.25) is 10.0 Å². The summed E-state index contributed by atoms with van der Waals surface area (Å²) in [6.07, 6.45) is -4.61. The van der Waals surface area contributed by atoms with Crippen LogP contribution >= 0.6 is 23.2 Å². The molecule has 4 nitrogen and oxygen atoms in total. The van der Waals surface area contributed by atoms with Crippen molar-refractivity contribution >= 4 is 46.3 Å². The van der Waals surface area contributed by atoms with Gasteiger partial charge in [0.1, 0.15) is 0 Å². The molecule has 0 atom stereocenters. The van der Waals surface area contributed by atoms with Crippen molar-refractivity contribution < 1.29 is 18.0 Å². The summed E-state index contributed by atoms with van der Waals surface area (Å²) in [7, 11) is 0. The van der Waals surface area contributed by atoms with E-state index in [1.165, 1.54) is 24.3 Å². The summed E-state index contributed by atoms with van der Waals surface area (Å²) in [6, 6.07) is 6.73. The quantitative estimate of drug-likeness (QED) is 0.638. The fraction of sp³-hybridized carbons (Fsp3) is 0.0714. The van der Waals surface area contributed by atoms with E-state index in [1.54, 1.807) is 0 Å². The molecule has 23 heavy (non-hydrogen) atoms. The predicted octanol–water partition coefficient (Wildman–Crippen LogP) is 5.24. The average molecular weight is 364 g/mol. The Kier molecular flexibility index (Phi) is 4.91. The van der Waals surface area contributed by atoms with Crippen LogP contribution in [-0.2, 0) is 6.18 Å². The van der Waals surface area contributed by atoms with Gasteiger partial charge in [0, 0.05) is 17.1 Å². The molecule has 0 unspecified atom stereocenters. The number of anilines is 3. The van der Waals surface area contributed by atoms with Gasteiger partial charge in [-0.1, -0.05) is 23.2 Å². The van der Waals surface area contributed by atoms with Gasteiger partial charge in [0.05, 0.1) is 15.6 Å². The average Bonchev–Trinajstić information content (AvgIpc) is 2.44. The third-order valence-electron chi connectivity index (χ3n) is 2.79. The van der Waals surface area contributed by atoms with Crippen molar-refractivity contribution in [3.63, 3.8) is 0 Å². The van der Waals surface area contributed by atoms with Gasteiger partial charge < -0.3 is 16.4 Å². The summed E-state index contributed by atoms with van der Waals surface area (Å²) >= 11 is 11.5. The van der Waals surface area contributed by atoms with Crippen LogP contribution < -0.4 is 16.4 Å². The van der Waals surface area contributed by atoms with E-state index in [0.29, 0.717) is 10.7 Å². The van der Waals surface area contributed by atoms with Gasteiger partial charge in [0.25, 0.3) is 0 Å². The highest BCUT2D eigenvalue weighted by Gasteiger charge is 2.33. The Morgan fingerprint density at radius 2 is 1.52 bits per heavy atom. The summed E-state index contributed by atoms with van der Waals surface area (Å²) < 4.78 is 38.3. The van der Waals surface area contributed by atoms with Gasteiger partial charge in [-0.05, 0) is 36.4 Å². The summed E-state index contributed by atoms with van der Waals surface area (Å²) in [4.78, 5) is 11.8. The molecule has 0 saturated heterocycles. The van der Waals surface area contributed by atoms with E-state index in [9.17, 15) is 18.0 Å². The number of halogens is 5. The predicted molar refractivity (Wildman–Crippen MR) is 85.0 cm³/mol. The van der Waals surface area contributed by atoms with Crippen molar-refractivity contribution in [1.29, 1.82) is 0 Å². The molecule has 2 amide bonds. The number of hydrogen-bond acceptors (Lipinski definition) is 2.